The summed E-state index contributed by atoms with van der Waals surface area (Å²) in [5.41, 5.74) is 3.03. The second-order valence-corrected chi connectivity index (χ2v) is 6.62. The molecule has 1 aliphatic carbocycles. The summed E-state index contributed by atoms with van der Waals surface area (Å²) in [6.07, 6.45) is 7.00. The summed E-state index contributed by atoms with van der Waals surface area (Å²) in [6, 6.07) is 11.4. The third-order valence-electron chi connectivity index (χ3n) is 4.33. The lowest BCUT2D eigenvalue weighted by Crippen LogP contribution is -2.06. The van der Waals surface area contributed by atoms with Crippen LogP contribution >= 0.6 is 22.6 Å². The molecule has 0 nitrogen and oxygen atoms in total. The number of benzene rings is 2. The fourth-order valence-electron chi connectivity index (χ4n) is 3.26. The first kappa shape index (κ1) is 12.5. The number of aryl methyl sites for hydroxylation is 1. The highest BCUT2D eigenvalue weighted by atomic mass is 127. The molecular formula is C17H19I. The fourth-order valence-corrected chi connectivity index (χ4v) is 3.89. The molecule has 0 unspecified atom stereocenters. The maximum atomic E-state index is 2.49. The minimum Gasteiger partial charge on any atom is -0.0616 e. The molecule has 2 aromatic rings. The molecule has 0 saturated heterocycles. The van der Waals surface area contributed by atoms with Crippen LogP contribution in [0.5, 0.6) is 0 Å². The predicted molar refractivity (Wildman–Crippen MR) is 87.2 cm³/mol. The number of hydrogen-bond acceptors (Lipinski definition) is 0. The molecule has 0 heterocycles. The fraction of sp³-hybridized carbons (Fsp3) is 0.412. The molecule has 0 aliphatic heterocycles. The normalized spacial score (nSPS) is 17.2. The lowest BCUT2D eigenvalue weighted by Gasteiger charge is -2.24. The summed E-state index contributed by atoms with van der Waals surface area (Å²) in [7, 11) is 0. The highest BCUT2D eigenvalue weighted by Gasteiger charge is 2.19. The molecule has 0 spiro atoms. The highest BCUT2D eigenvalue weighted by Crippen LogP contribution is 2.38. The van der Waals surface area contributed by atoms with Crippen LogP contribution in [-0.2, 0) is 0 Å². The van der Waals surface area contributed by atoms with Crippen molar-refractivity contribution >= 4 is 33.4 Å². The van der Waals surface area contributed by atoms with Crippen LogP contribution in [0.15, 0.2) is 30.3 Å². The maximum Gasteiger partial charge on any atom is 0.0168 e. The Bertz CT molecular complexity index is 565. The molecule has 0 radical (unpaired) electrons. The van der Waals surface area contributed by atoms with Gasteiger partial charge in [0.1, 0.15) is 0 Å². The molecular weight excluding hydrogens is 331 g/mol. The van der Waals surface area contributed by atoms with Crippen LogP contribution < -0.4 is 0 Å². The van der Waals surface area contributed by atoms with Crippen molar-refractivity contribution < 1.29 is 0 Å². The molecule has 0 bridgehead atoms. The zero-order valence-electron chi connectivity index (χ0n) is 10.9. The van der Waals surface area contributed by atoms with Crippen molar-refractivity contribution in [3.05, 3.63) is 45.0 Å². The van der Waals surface area contributed by atoms with Gasteiger partial charge in [-0.3, -0.25) is 0 Å². The first-order valence-electron chi connectivity index (χ1n) is 6.95. The molecule has 18 heavy (non-hydrogen) atoms. The molecule has 1 fully saturated rings. The topological polar surface area (TPSA) is 0 Å². The Kier molecular flexibility index (Phi) is 3.60. The average Bonchev–Trinajstić information content (AvgIpc) is 2.44. The van der Waals surface area contributed by atoms with E-state index in [9.17, 15) is 0 Å². The van der Waals surface area contributed by atoms with E-state index in [2.05, 4.69) is 59.8 Å². The van der Waals surface area contributed by atoms with Gasteiger partial charge in [-0.15, -0.1) is 0 Å². The van der Waals surface area contributed by atoms with Gasteiger partial charge in [0.2, 0.25) is 0 Å². The standard InChI is InChI=1S/C17H19I/c1-12-14-9-5-6-10-15(14)16(11-17(12)18)13-7-3-2-4-8-13/h5-6,9-11,13H,2-4,7-8H2,1H3. The minimum atomic E-state index is 0.790. The average molecular weight is 350 g/mol. The van der Waals surface area contributed by atoms with Crippen LogP contribution in [0.3, 0.4) is 0 Å². The summed E-state index contributed by atoms with van der Waals surface area (Å²) in [6.45, 7) is 2.24. The summed E-state index contributed by atoms with van der Waals surface area (Å²) < 4.78 is 1.42. The Hall–Kier alpha value is -0.570. The lowest BCUT2D eigenvalue weighted by atomic mass is 9.81. The Labute approximate surface area is 123 Å². The first-order valence-corrected chi connectivity index (χ1v) is 8.03. The van der Waals surface area contributed by atoms with E-state index in [0.717, 1.165) is 5.92 Å². The predicted octanol–water partition coefficient (Wildman–Crippen LogP) is 5.80. The second-order valence-electron chi connectivity index (χ2n) is 5.45. The van der Waals surface area contributed by atoms with Crippen molar-refractivity contribution in [1.82, 2.24) is 0 Å². The van der Waals surface area contributed by atoms with Gasteiger partial charge < -0.3 is 0 Å². The van der Waals surface area contributed by atoms with Gasteiger partial charge in [0.15, 0.2) is 0 Å². The Morgan fingerprint density at radius 2 is 1.67 bits per heavy atom. The van der Waals surface area contributed by atoms with Crippen LogP contribution in [0.2, 0.25) is 0 Å². The largest absolute Gasteiger partial charge is 0.0616 e. The van der Waals surface area contributed by atoms with Crippen LogP contribution in [0, 0.1) is 10.5 Å². The molecule has 1 saturated carbocycles. The molecule has 94 valence electrons. The molecule has 1 aliphatic rings. The molecule has 0 aromatic heterocycles. The molecule has 2 aromatic carbocycles. The van der Waals surface area contributed by atoms with Crippen molar-refractivity contribution in [2.24, 2.45) is 0 Å². The first-order chi connectivity index (χ1) is 8.77. The number of halogens is 1. The zero-order chi connectivity index (χ0) is 12.5. The molecule has 3 rings (SSSR count). The SMILES string of the molecule is Cc1c(I)cc(C2CCCCC2)c2ccccc12. The highest BCUT2D eigenvalue weighted by molar-refractivity contribution is 14.1. The lowest BCUT2D eigenvalue weighted by molar-refractivity contribution is 0.445. The number of hydrogen-bond donors (Lipinski definition) is 0. The van der Waals surface area contributed by atoms with Gasteiger partial charge in [0.05, 0.1) is 0 Å². The van der Waals surface area contributed by atoms with Gasteiger partial charge in [-0.05, 0) is 76.2 Å². The second kappa shape index (κ2) is 5.20. The van der Waals surface area contributed by atoms with Gasteiger partial charge in [-0.2, -0.15) is 0 Å². The smallest absolute Gasteiger partial charge is 0.0168 e. The van der Waals surface area contributed by atoms with Crippen molar-refractivity contribution in [3.63, 3.8) is 0 Å². The van der Waals surface area contributed by atoms with Gasteiger partial charge in [-0.25, -0.2) is 0 Å². The van der Waals surface area contributed by atoms with E-state index in [4.69, 9.17) is 0 Å². The third-order valence-corrected chi connectivity index (χ3v) is 5.45. The molecule has 0 amide bonds. The van der Waals surface area contributed by atoms with E-state index >= 15 is 0 Å². The van der Waals surface area contributed by atoms with Crippen LogP contribution in [-0.4, -0.2) is 0 Å². The van der Waals surface area contributed by atoms with E-state index in [1.807, 2.05) is 0 Å². The minimum absolute atomic E-state index is 0.790. The zero-order valence-corrected chi connectivity index (χ0v) is 13.0. The quantitative estimate of drug-likeness (QED) is 0.570. The van der Waals surface area contributed by atoms with Gasteiger partial charge >= 0.3 is 0 Å². The Balaban J connectivity index is 2.18. The van der Waals surface area contributed by atoms with Crippen molar-refractivity contribution in [2.45, 2.75) is 44.9 Å². The molecule has 0 atom stereocenters. The van der Waals surface area contributed by atoms with Crippen molar-refractivity contribution in [3.8, 4) is 0 Å². The van der Waals surface area contributed by atoms with E-state index in [1.165, 1.54) is 52.0 Å². The Morgan fingerprint density at radius 3 is 2.39 bits per heavy atom. The monoisotopic (exact) mass is 350 g/mol. The van der Waals surface area contributed by atoms with E-state index in [1.54, 1.807) is 5.56 Å². The number of fused-ring (bicyclic) bond motifs is 1. The summed E-state index contributed by atoms with van der Waals surface area (Å²) in [4.78, 5) is 0. The summed E-state index contributed by atoms with van der Waals surface area (Å²) >= 11 is 2.49. The van der Waals surface area contributed by atoms with Gasteiger partial charge in [0.25, 0.3) is 0 Å². The molecule has 1 heteroatoms. The van der Waals surface area contributed by atoms with Gasteiger partial charge in [-0.1, -0.05) is 43.5 Å². The van der Waals surface area contributed by atoms with Gasteiger partial charge in [0, 0.05) is 3.57 Å². The van der Waals surface area contributed by atoms with E-state index < -0.39 is 0 Å². The number of rotatable bonds is 1. The maximum absolute atomic E-state index is 2.49. The summed E-state index contributed by atoms with van der Waals surface area (Å²) in [5, 5.41) is 2.94. The summed E-state index contributed by atoms with van der Waals surface area (Å²) in [5.74, 6) is 0.790. The molecule has 0 N–H and O–H groups in total. The van der Waals surface area contributed by atoms with Crippen LogP contribution in [0.25, 0.3) is 10.8 Å². The van der Waals surface area contributed by atoms with E-state index in [0.29, 0.717) is 0 Å². The van der Waals surface area contributed by atoms with Crippen LogP contribution in [0.4, 0.5) is 0 Å². The third kappa shape index (κ3) is 2.18. The van der Waals surface area contributed by atoms with E-state index in [-0.39, 0.29) is 0 Å². The van der Waals surface area contributed by atoms with Crippen molar-refractivity contribution in [2.75, 3.05) is 0 Å². The van der Waals surface area contributed by atoms with Crippen LogP contribution in [0.1, 0.15) is 49.1 Å². The van der Waals surface area contributed by atoms with Crippen molar-refractivity contribution in [1.29, 1.82) is 0 Å². The Morgan fingerprint density at radius 1 is 1.00 bits per heavy atom.